The molecule has 5 heteroatoms. The van der Waals surface area contributed by atoms with Gasteiger partial charge in [-0.05, 0) is 55.6 Å². The first-order valence-electron chi connectivity index (χ1n) is 7.58. The van der Waals surface area contributed by atoms with Gasteiger partial charge in [0.1, 0.15) is 0 Å². The standard InChI is InChI=1S/C16H21N3O2/c1-10(12-8-17-9-12)16(21)18-13-5-6-14-11(7-13)3-2-4-15(20)19-14/h5-7,10,12,17H,2-4,8-9H2,1H3,(H,18,21)(H,19,20). The molecule has 21 heavy (non-hydrogen) atoms. The lowest BCUT2D eigenvalue weighted by Crippen LogP contribution is -2.48. The van der Waals surface area contributed by atoms with Crippen molar-refractivity contribution >= 4 is 23.2 Å². The van der Waals surface area contributed by atoms with E-state index in [1.54, 1.807) is 0 Å². The molecule has 5 nitrogen and oxygen atoms in total. The molecular weight excluding hydrogens is 266 g/mol. The molecule has 2 heterocycles. The van der Waals surface area contributed by atoms with E-state index in [1.165, 1.54) is 0 Å². The van der Waals surface area contributed by atoms with Gasteiger partial charge in [-0.2, -0.15) is 0 Å². The average molecular weight is 287 g/mol. The van der Waals surface area contributed by atoms with Crippen molar-refractivity contribution in [1.82, 2.24) is 5.32 Å². The van der Waals surface area contributed by atoms with Crippen LogP contribution in [0.2, 0.25) is 0 Å². The van der Waals surface area contributed by atoms with Crippen molar-refractivity contribution < 1.29 is 9.59 Å². The monoisotopic (exact) mass is 287 g/mol. The summed E-state index contributed by atoms with van der Waals surface area (Å²) >= 11 is 0. The maximum atomic E-state index is 12.2. The number of amides is 2. The van der Waals surface area contributed by atoms with E-state index >= 15 is 0 Å². The predicted octanol–water partition coefficient (Wildman–Crippen LogP) is 1.76. The second-order valence-corrected chi connectivity index (χ2v) is 5.97. The summed E-state index contributed by atoms with van der Waals surface area (Å²) in [5, 5.41) is 9.09. The van der Waals surface area contributed by atoms with Crippen molar-refractivity contribution in [2.24, 2.45) is 11.8 Å². The van der Waals surface area contributed by atoms with Crippen LogP contribution in [0.4, 0.5) is 11.4 Å². The van der Waals surface area contributed by atoms with Crippen molar-refractivity contribution in [3.8, 4) is 0 Å². The van der Waals surface area contributed by atoms with Crippen molar-refractivity contribution in [3.05, 3.63) is 23.8 Å². The number of benzene rings is 1. The van der Waals surface area contributed by atoms with Crippen molar-refractivity contribution in [2.45, 2.75) is 26.2 Å². The van der Waals surface area contributed by atoms with Crippen LogP contribution >= 0.6 is 0 Å². The molecule has 1 atom stereocenters. The Morgan fingerprint density at radius 1 is 1.33 bits per heavy atom. The van der Waals surface area contributed by atoms with E-state index in [-0.39, 0.29) is 17.7 Å². The minimum atomic E-state index is 0.0183. The Hall–Kier alpha value is -1.88. The third-order valence-electron chi connectivity index (χ3n) is 4.43. The van der Waals surface area contributed by atoms with E-state index in [1.807, 2.05) is 25.1 Å². The van der Waals surface area contributed by atoms with Gasteiger partial charge >= 0.3 is 0 Å². The summed E-state index contributed by atoms with van der Waals surface area (Å²) in [6.07, 6.45) is 2.27. The molecule has 2 aliphatic heterocycles. The van der Waals surface area contributed by atoms with Gasteiger partial charge in [-0.25, -0.2) is 0 Å². The van der Waals surface area contributed by atoms with Gasteiger partial charge in [0, 0.05) is 23.7 Å². The molecule has 0 spiro atoms. The van der Waals surface area contributed by atoms with Gasteiger partial charge in [-0.1, -0.05) is 6.92 Å². The summed E-state index contributed by atoms with van der Waals surface area (Å²) in [5.41, 5.74) is 2.78. The van der Waals surface area contributed by atoms with Crippen LogP contribution in [0.15, 0.2) is 18.2 Å². The summed E-state index contributed by atoms with van der Waals surface area (Å²) < 4.78 is 0. The molecule has 1 aromatic rings. The first-order chi connectivity index (χ1) is 10.1. The van der Waals surface area contributed by atoms with Gasteiger partial charge in [0.25, 0.3) is 0 Å². The van der Waals surface area contributed by atoms with E-state index < -0.39 is 0 Å². The Morgan fingerprint density at radius 3 is 2.86 bits per heavy atom. The normalized spacial score (nSPS) is 19.8. The van der Waals surface area contributed by atoms with Crippen LogP contribution in [0.3, 0.4) is 0 Å². The summed E-state index contributed by atoms with van der Waals surface area (Å²) in [5.74, 6) is 0.589. The van der Waals surface area contributed by atoms with Crippen LogP contribution in [0.5, 0.6) is 0 Å². The van der Waals surface area contributed by atoms with Gasteiger partial charge in [0.15, 0.2) is 0 Å². The van der Waals surface area contributed by atoms with Crippen LogP contribution in [-0.4, -0.2) is 24.9 Å². The number of aryl methyl sites for hydroxylation is 1. The molecule has 1 saturated heterocycles. The highest BCUT2D eigenvalue weighted by Crippen LogP contribution is 2.26. The third-order valence-corrected chi connectivity index (χ3v) is 4.43. The molecule has 1 aromatic carbocycles. The van der Waals surface area contributed by atoms with Gasteiger partial charge in [-0.3, -0.25) is 9.59 Å². The highest BCUT2D eigenvalue weighted by Gasteiger charge is 2.28. The van der Waals surface area contributed by atoms with Gasteiger partial charge in [-0.15, -0.1) is 0 Å². The first kappa shape index (κ1) is 14.1. The molecule has 112 valence electrons. The first-order valence-corrected chi connectivity index (χ1v) is 7.58. The fourth-order valence-corrected chi connectivity index (χ4v) is 2.79. The van der Waals surface area contributed by atoms with E-state index in [2.05, 4.69) is 16.0 Å². The van der Waals surface area contributed by atoms with E-state index in [9.17, 15) is 9.59 Å². The predicted molar refractivity (Wildman–Crippen MR) is 82.2 cm³/mol. The highest BCUT2D eigenvalue weighted by molar-refractivity contribution is 5.95. The molecule has 2 aliphatic rings. The third kappa shape index (κ3) is 3.08. The molecule has 0 aliphatic carbocycles. The van der Waals surface area contributed by atoms with Crippen LogP contribution in [0.25, 0.3) is 0 Å². The number of carbonyl (C=O) groups excluding carboxylic acids is 2. The summed E-state index contributed by atoms with van der Waals surface area (Å²) in [7, 11) is 0. The number of hydrogen-bond acceptors (Lipinski definition) is 3. The van der Waals surface area contributed by atoms with Crippen molar-refractivity contribution in [1.29, 1.82) is 0 Å². The zero-order valence-electron chi connectivity index (χ0n) is 12.2. The van der Waals surface area contributed by atoms with E-state index in [4.69, 9.17) is 0 Å². The van der Waals surface area contributed by atoms with Crippen LogP contribution in [0.1, 0.15) is 25.3 Å². The summed E-state index contributed by atoms with van der Waals surface area (Å²) in [6.45, 7) is 3.82. The van der Waals surface area contributed by atoms with Crippen LogP contribution in [0, 0.1) is 11.8 Å². The van der Waals surface area contributed by atoms with E-state index in [0.29, 0.717) is 12.3 Å². The van der Waals surface area contributed by atoms with Crippen LogP contribution in [-0.2, 0) is 16.0 Å². The fraction of sp³-hybridized carbons (Fsp3) is 0.500. The number of fused-ring (bicyclic) bond motifs is 1. The lowest BCUT2D eigenvalue weighted by atomic mass is 9.88. The molecule has 3 N–H and O–H groups in total. The molecule has 1 unspecified atom stereocenters. The summed E-state index contributed by atoms with van der Waals surface area (Å²) in [6, 6.07) is 5.71. The molecule has 1 fully saturated rings. The Bertz CT molecular complexity index is 567. The second-order valence-electron chi connectivity index (χ2n) is 5.97. The lowest BCUT2D eigenvalue weighted by Gasteiger charge is -2.31. The molecular formula is C16H21N3O2. The Morgan fingerprint density at radius 2 is 2.14 bits per heavy atom. The maximum Gasteiger partial charge on any atom is 0.227 e. The Balaban J connectivity index is 1.70. The molecule has 0 saturated carbocycles. The van der Waals surface area contributed by atoms with Gasteiger partial charge in [0.05, 0.1) is 0 Å². The largest absolute Gasteiger partial charge is 0.326 e. The number of rotatable bonds is 3. The number of anilines is 2. The lowest BCUT2D eigenvalue weighted by molar-refractivity contribution is -0.121. The second kappa shape index (κ2) is 5.85. The number of hydrogen-bond donors (Lipinski definition) is 3. The number of nitrogens with one attached hydrogen (secondary N) is 3. The molecule has 2 amide bonds. The zero-order valence-corrected chi connectivity index (χ0v) is 12.2. The number of carbonyl (C=O) groups is 2. The van der Waals surface area contributed by atoms with Crippen molar-refractivity contribution in [2.75, 3.05) is 23.7 Å². The minimum absolute atomic E-state index is 0.0183. The molecule has 0 aromatic heterocycles. The van der Waals surface area contributed by atoms with E-state index in [0.717, 1.165) is 42.9 Å². The Labute approximate surface area is 124 Å². The summed E-state index contributed by atoms with van der Waals surface area (Å²) in [4.78, 5) is 23.8. The molecule has 0 bridgehead atoms. The topological polar surface area (TPSA) is 70.2 Å². The minimum Gasteiger partial charge on any atom is -0.326 e. The zero-order chi connectivity index (χ0) is 14.8. The van der Waals surface area contributed by atoms with Crippen LogP contribution < -0.4 is 16.0 Å². The quantitative estimate of drug-likeness (QED) is 0.793. The smallest absolute Gasteiger partial charge is 0.227 e. The SMILES string of the molecule is CC(C(=O)Nc1ccc2c(c1)CCCC(=O)N2)C1CNC1. The average Bonchev–Trinajstić information content (AvgIpc) is 2.57. The van der Waals surface area contributed by atoms with Crippen molar-refractivity contribution in [3.63, 3.8) is 0 Å². The van der Waals surface area contributed by atoms with Gasteiger partial charge < -0.3 is 16.0 Å². The highest BCUT2D eigenvalue weighted by atomic mass is 16.2. The maximum absolute atomic E-state index is 12.2. The Kier molecular flexibility index (Phi) is 3.92. The molecule has 3 rings (SSSR count). The molecule has 0 radical (unpaired) electrons. The van der Waals surface area contributed by atoms with Gasteiger partial charge in [0.2, 0.25) is 11.8 Å². The fourth-order valence-electron chi connectivity index (χ4n) is 2.79.